The highest BCUT2D eigenvalue weighted by atomic mass is 16.5. The Morgan fingerprint density at radius 2 is 2.10 bits per heavy atom. The average molecular weight is 293 g/mol. The number of rotatable bonds is 5. The number of likely N-dealkylation sites (tertiary alicyclic amines) is 1. The summed E-state index contributed by atoms with van der Waals surface area (Å²) < 4.78 is 5.61. The number of nitrogens with one attached hydrogen (secondary N) is 1. The number of ether oxygens (including phenoxy) is 1. The molecule has 0 spiro atoms. The van der Waals surface area contributed by atoms with E-state index in [1.165, 1.54) is 0 Å². The predicted molar refractivity (Wildman–Crippen MR) is 86.0 cm³/mol. The zero-order valence-electron chi connectivity index (χ0n) is 13.9. The Kier molecular flexibility index (Phi) is 5.00. The summed E-state index contributed by atoms with van der Waals surface area (Å²) in [6, 6.07) is 0.737. The molecule has 6 heteroatoms. The molecule has 1 aromatic heterocycles. The van der Waals surface area contributed by atoms with E-state index in [1.807, 2.05) is 32.1 Å². The van der Waals surface area contributed by atoms with Crippen LogP contribution in [0, 0.1) is 6.92 Å². The maximum atomic E-state index is 5.61. The lowest BCUT2D eigenvalue weighted by Gasteiger charge is -2.21. The van der Waals surface area contributed by atoms with Gasteiger partial charge >= 0.3 is 0 Å². The molecular formula is C15H27N5O. The molecular weight excluding hydrogens is 266 g/mol. The SMILES string of the molecule is CO[C@H]1CN(C(C)C)C[C@@H]1Nc1ncc(C)c(N(C)C)n1. The van der Waals surface area contributed by atoms with Crippen molar-refractivity contribution in [3.8, 4) is 0 Å². The van der Waals surface area contributed by atoms with Gasteiger partial charge in [0.05, 0.1) is 12.1 Å². The van der Waals surface area contributed by atoms with Crippen LogP contribution in [0.25, 0.3) is 0 Å². The minimum Gasteiger partial charge on any atom is -0.378 e. The minimum atomic E-state index is 0.167. The van der Waals surface area contributed by atoms with Gasteiger partial charge in [-0.25, -0.2) is 4.98 Å². The number of aromatic nitrogens is 2. The molecule has 1 aromatic rings. The van der Waals surface area contributed by atoms with Crippen LogP contribution < -0.4 is 10.2 Å². The van der Waals surface area contributed by atoms with Gasteiger partial charge in [-0.05, 0) is 20.8 Å². The van der Waals surface area contributed by atoms with Gasteiger partial charge in [0.1, 0.15) is 5.82 Å². The Balaban J connectivity index is 2.12. The van der Waals surface area contributed by atoms with Crippen LogP contribution in [-0.4, -0.2) is 67.4 Å². The van der Waals surface area contributed by atoms with E-state index in [0.29, 0.717) is 12.0 Å². The topological polar surface area (TPSA) is 53.5 Å². The predicted octanol–water partition coefficient (Wildman–Crippen LogP) is 1.37. The molecule has 0 bridgehead atoms. The van der Waals surface area contributed by atoms with Crippen molar-refractivity contribution >= 4 is 11.8 Å². The van der Waals surface area contributed by atoms with Gasteiger partial charge in [-0.3, -0.25) is 4.90 Å². The van der Waals surface area contributed by atoms with E-state index >= 15 is 0 Å². The van der Waals surface area contributed by atoms with E-state index in [9.17, 15) is 0 Å². The molecule has 0 aliphatic carbocycles. The van der Waals surface area contributed by atoms with E-state index in [0.717, 1.165) is 24.5 Å². The molecule has 118 valence electrons. The van der Waals surface area contributed by atoms with Gasteiger partial charge in [0, 0.05) is 52.1 Å². The van der Waals surface area contributed by atoms with E-state index in [2.05, 4.69) is 34.0 Å². The second-order valence-electron chi connectivity index (χ2n) is 6.17. The summed E-state index contributed by atoms with van der Waals surface area (Å²) in [6.07, 6.45) is 2.03. The fourth-order valence-corrected chi connectivity index (χ4v) is 2.72. The maximum Gasteiger partial charge on any atom is 0.224 e. The van der Waals surface area contributed by atoms with Crippen LogP contribution in [0.3, 0.4) is 0 Å². The Labute approximate surface area is 127 Å². The lowest BCUT2D eigenvalue weighted by molar-refractivity contribution is 0.0982. The summed E-state index contributed by atoms with van der Waals surface area (Å²) in [5.74, 6) is 1.61. The summed E-state index contributed by atoms with van der Waals surface area (Å²) in [7, 11) is 5.75. The summed E-state index contributed by atoms with van der Waals surface area (Å²) >= 11 is 0. The molecule has 1 fully saturated rings. The van der Waals surface area contributed by atoms with Crippen molar-refractivity contribution in [3.63, 3.8) is 0 Å². The van der Waals surface area contributed by atoms with Crippen LogP contribution in [0.5, 0.6) is 0 Å². The third-order valence-corrected chi connectivity index (χ3v) is 4.01. The minimum absolute atomic E-state index is 0.167. The van der Waals surface area contributed by atoms with E-state index in [-0.39, 0.29) is 12.1 Å². The van der Waals surface area contributed by atoms with Gasteiger partial charge in [0.25, 0.3) is 0 Å². The van der Waals surface area contributed by atoms with Crippen molar-refractivity contribution in [3.05, 3.63) is 11.8 Å². The average Bonchev–Trinajstić information content (AvgIpc) is 2.84. The largest absolute Gasteiger partial charge is 0.378 e. The van der Waals surface area contributed by atoms with Gasteiger partial charge in [-0.1, -0.05) is 0 Å². The zero-order valence-corrected chi connectivity index (χ0v) is 13.9. The number of nitrogens with zero attached hydrogens (tertiary/aromatic N) is 4. The molecule has 0 amide bonds. The fourth-order valence-electron chi connectivity index (χ4n) is 2.72. The molecule has 6 nitrogen and oxygen atoms in total. The molecule has 1 saturated heterocycles. The third kappa shape index (κ3) is 3.63. The second kappa shape index (κ2) is 6.58. The Morgan fingerprint density at radius 1 is 1.38 bits per heavy atom. The summed E-state index contributed by atoms with van der Waals surface area (Å²) in [6.45, 7) is 8.33. The summed E-state index contributed by atoms with van der Waals surface area (Å²) in [5.41, 5.74) is 1.07. The van der Waals surface area contributed by atoms with Crippen molar-refractivity contribution in [2.24, 2.45) is 0 Å². The highest BCUT2D eigenvalue weighted by Crippen LogP contribution is 2.20. The normalized spacial score (nSPS) is 22.8. The van der Waals surface area contributed by atoms with Gasteiger partial charge in [-0.2, -0.15) is 4.98 Å². The fraction of sp³-hybridized carbons (Fsp3) is 0.733. The monoisotopic (exact) mass is 293 g/mol. The Bertz CT molecular complexity index is 477. The first-order chi connectivity index (χ1) is 9.92. The van der Waals surface area contributed by atoms with E-state index < -0.39 is 0 Å². The molecule has 2 atom stereocenters. The molecule has 2 heterocycles. The standard InChI is InChI=1S/C15H27N5O/c1-10(2)20-8-12(13(9-20)21-6)17-15-16-7-11(3)14(18-15)19(4)5/h7,10,12-13H,8-9H2,1-6H3,(H,16,17,18)/t12-,13-/m0/s1. The quantitative estimate of drug-likeness (QED) is 0.885. The van der Waals surface area contributed by atoms with Crippen LogP contribution in [0.15, 0.2) is 6.20 Å². The molecule has 0 aromatic carbocycles. The number of hydrogen-bond donors (Lipinski definition) is 1. The van der Waals surface area contributed by atoms with Crippen molar-refractivity contribution in [2.75, 3.05) is 44.5 Å². The first-order valence-corrected chi connectivity index (χ1v) is 7.46. The van der Waals surface area contributed by atoms with Crippen LogP contribution >= 0.6 is 0 Å². The van der Waals surface area contributed by atoms with E-state index in [1.54, 1.807) is 7.11 Å². The van der Waals surface area contributed by atoms with Crippen LogP contribution in [0.1, 0.15) is 19.4 Å². The number of aryl methyl sites for hydroxylation is 1. The number of anilines is 2. The lowest BCUT2D eigenvalue weighted by Crippen LogP contribution is -2.34. The summed E-state index contributed by atoms with van der Waals surface area (Å²) in [5, 5.41) is 3.43. The van der Waals surface area contributed by atoms with Gasteiger partial charge < -0.3 is 15.0 Å². The van der Waals surface area contributed by atoms with Gasteiger partial charge in [-0.15, -0.1) is 0 Å². The molecule has 1 aliphatic heterocycles. The zero-order chi connectivity index (χ0) is 15.6. The smallest absolute Gasteiger partial charge is 0.224 e. The van der Waals surface area contributed by atoms with Crippen molar-refractivity contribution < 1.29 is 4.74 Å². The molecule has 0 unspecified atom stereocenters. The first kappa shape index (κ1) is 16.0. The van der Waals surface area contributed by atoms with Crippen LogP contribution in [0.2, 0.25) is 0 Å². The van der Waals surface area contributed by atoms with Crippen molar-refractivity contribution in [1.82, 2.24) is 14.9 Å². The molecule has 1 aliphatic rings. The molecule has 1 N–H and O–H groups in total. The molecule has 2 rings (SSSR count). The highest BCUT2D eigenvalue weighted by molar-refractivity contribution is 5.48. The molecule has 21 heavy (non-hydrogen) atoms. The van der Waals surface area contributed by atoms with E-state index in [4.69, 9.17) is 4.74 Å². The third-order valence-electron chi connectivity index (χ3n) is 4.01. The molecule has 0 radical (unpaired) electrons. The number of methoxy groups -OCH3 is 1. The Morgan fingerprint density at radius 3 is 2.67 bits per heavy atom. The second-order valence-corrected chi connectivity index (χ2v) is 6.17. The maximum absolute atomic E-state index is 5.61. The van der Waals surface area contributed by atoms with Crippen LogP contribution in [-0.2, 0) is 4.74 Å². The van der Waals surface area contributed by atoms with Crippen molar-refractivity contribution in [2.45, 2.75) is 39.0 Å². The highest BCUT2D eigenvalue weighted by Gasteiger charge is 2.34. The van der Waals surface area contributed by atoms with Crippen molar-refractivity contribution in [1.29, 1.82) is 0 Å². The van der Waals surface area contributed by atoms with Gasteiger partial charge in [0.15, 0.2) is 0 Å². The Hall–Kier alpha value is -1.40. The number of hydrogen-bond acceptors (Lipinski definition) is 6. The summed E-state index contributed by atoms with van der Waals surface area (Å²) in [4.78, 5) is 13.4. The van der Waals surface area contributed by atoms with Crippen LogP contribution in [0.4, 0.5) is 11.8 Å². The molecule has 0 saturated carbocycles. The van der Waals surface area contributed by atoms with Gasteiger partial charge in [0.2, 0.25) is 5.95 Å². The lowest BCUT2D eigenvalue weighted by atomic mass is 10.2. The first-order valence-electron chi connectivity index (χ1n) is 7.46.